The van der Waals surface area contributed by atoms with Gasteiger partial charge < -0.3 is 14.4 Å². The Labute approximate surface area is 331 Å². The highest BCUT2D eigenvalue weighted by Crippen LogP contribution is 2.49. The minimum absolute atomic E-state index is 0.0574. The van der Waals surface area contributed by atoms with Crippen LogP contribution in [0, 0.1) is 20.2 Å². The van der Waals surface area contributed by atoms with E-state index in [0.717, 1.165) is 69.4 Å². The minimum Gasteiger partial charge on any atom is -0.492 e. The summed E-state index contributed by atoms with van der Waals surface area (Å²) in [5, 5.41) is 24.2. The van der Waals surface area contributed by atoms with Crippen LogP contribution in [0.3, 0.4) is 0 Å². The zero-order chi connectivity index (χ0) is 39.6. The Balaban J connectivity index is 1.18. The van der Waals surface area contributed by atoms with Crippen LogP contribution in [0.15, 0.2) is 143 Å². The average molecular weight is 772 g/mol. The van der Waals surface area contributed by atoms with Crippen LogP contribution in [0.1, 0.15) is 51.7 Å². The molecule has 0 saturated heterocycles. The summed E-state index contributed by atoms with van der Waals surface area (Å²) in [6.45, 7) is 10.3. The van der Waals surface area contributed by atoms with Crippen molar-refractivity contribution < 1.29 is 23.9 Å². The van der Waals surface area contributed by atoms with Crippen molar-refractivity contribution in [3.05, 3.63) is 175 Å². The molecule has 3 aliphatic rings. The van der Waals surface area contributed by atoms with Crippen LogP contribution in [0.25, 0.3) is 0 Å². The maximum atomic E-state index is 11.7. The van der Waals surface area contributed by atoms with Crippen molar-refractivity contribution in [2.45, 2.75) is 51.4 Å². The van der Waals surface area contributed by atoms with Gasteiger partial charge in [0, 0.05) is 63.8 Å². The predicted octanol–water partition coefficient (Wildman–Crippen LogP) is 10.5. The highest BCUT2D eigenvalue weighted by atomic mass is 35.5. The van der Waals surface area contributed by atoms with Crippen molar-refractivity contribution in [1.29, 1.82) is 0 Å². The zero-order valence-corrected chi connectivity index (χ0v) is 32.7. The topological polar surface area (TPSA) is 111 Å². The lowest BCUT2D eigenvalue weighted by atomic mass is 9.81. The summed E-state index contributed by atoms with van der Waals surface area (Å²) in [5.74, 6) is 1.55. The fraction of sp³-hybridized carbons (Fsp3) is 0.267. The number of non-ortho nitro benzene ring substituents is 2. The van der Waals surface area contributed by atoms with Crippen molar-refractivity contribution in [3.63, 3.8) is 0 Å². The normalized spacial score (nSPS) is 18.3. The molecule has 2 heterocycles. The van der Waals surface area contributed by atoms with E-state index < -0.39 is 10.8 Å². The SMILES string of the molecule is CC1(C)C(/C=C/C2=C(Cl)C(=C/C=C3/N(CCOc4ccccc4)c4ccc([N+](=O)[O-])cc4C3(C)C)/CC2)=[N+](CCOc2ccccc2)c2ccc([N+](=O)[O-])cc21. The third-order valence-corrected chi connectivity index (χ3v) is 11.4. The quantitative estimate of drug-likeness (QED) is 0.0756. The fourth-order valence-electron chi connectivity index (χ4n) is 7.95. The number of anilines is 1. The number of fused-ring (bicyclic) bond motifs is 2. The largest absolute Gasteiger partial charge is 0.492 e. The van der Waals surface area contributed by atoms with E-state index in [2.05, 4.69) is 61.5 Å². The predicted molar refractivity (Wildman–Crippen MR) is 221 cm³/mol. The van der Waals surface area contributed by atoms with E-state index in [-0.39, 0.29) is 21.2 Å². The molecule has 1 aliphatic carbocycles. The second-order valence-corrected chi connectivity index (χ2v) is 15.5. The number of nitro groups is 2. The summed E-state index contributed by atoms with van der Waals surface area (Å²) < 4.78 is 14.3. The van der Waals surface area contributed by atoms with Gasteiger partial charge in [0.25, 0.3) is 11.4 Å². The number of nitro benzene ring substituents is 2. The molecule has 0 spiro atoms. The molecule has 11 heteroatoms. The molecule has 4 aromatic carbocycles. The van der Waals surface area contributed by atoms with E-state index in [1.807, 2.05) is 72.8 Å². The van der Waals surface area contributed by atoms with Gasteiger partial charge in [-0.05, 0) is 79.8 Å². The molecule has 4 aromatic rings. The standard InChI is InChI=1S/C45H44ClN4O6/c1-44(2)37-29-33(49(51)52)19-21-39(37)47(25-27-55-35-11-7-5-8-12-35)41(44)23-17-31-15-16-32(43(31)46)18-24-42-45(3,4)38-30-34(50(53)54)20-22-40(38)48(42)26-28-56-36-13-9-6-10-14-36/h5-14,17-24,29-30H,15-16,25-28H2,1-4H3/q+1. The smallest absolute Gasteiger partial charge is 0.270 e. The van der Waals surface area contributed by atoms with Crippen molar-refractivity contribution in [2.75, 3.05) is 31.2 Å². The van der Waals surface area contributed by atoms with Crippen LogP contribution >= 0.6 is 11.6 Å². The van der Waals surface area contributed by atoms with Gasteiger partial charge in [-0.1, -0.05) is 74.0 Å². The van der Waals surface area contributed by atoms with Gasteiger partial charge in [-0.2, -0.15) is 4.58 Å². The maximum absolute atomic E-state index is 11.7. The number of nitrogens with zero attached hydrogens (tertiary/aromatic N) is 4. The Hall–Kier alpha value is -6.00. The van der Waals surface area contributed by atoms with Gasteiger partial charge >= 0.3 is 0 Å². The van der Waals surface area contributed by atoms with Gasteiger partial charge in [-0.15, -0.1) is 0 Å². The third-order valence-electron chi connectivity index (χ3n) is 10.9. The van der Waals surface area contributed by atoms with Gasteiger partial charge in [0.2, 0.25) is 5.69 Å². The number of rotatable bonds is 13. The number of benzene rings is 4. The molecule has 0 fully saturated rings. The molecule has 286 valence electrons. The maximum Gasteiger partial charge on any atom is 0.270 e. The van der Waals surface area contributed by atoms with Crippen LogP contribution in [-0.2, 0) is 10.8 Å². The fourth-order valence-corrected chi connectivity index (χ4v) is 8.26. The zero-order valence-electron chi connectivity index (χ0n) is 31.9. The molecule has 56 heavy (non-hydrogen) atoms. The second-order valence-electron chi connectivity index (χ2n) is 15.1. The number of allylic oxidation sites excluding steroid dienone is 8. The number of hydrogen-bond acceptors (Lipinski definition) is 7. The summed E-state index contributed by atoms with van der Waals surface area (Å²) in [7, 11) is 0. The van der Waals surface area contributed by atoms with E-state index in [0.29, 0.717) is 31.3 Å². The Kier molecular flexibility index (Phi) is 10.7. The van der Waals surface area contributed by atoms with Crippen LogP contribution in [0.4, 0.5) is 22.7 Å². The van der Waals surface area contributed by atoms with E-state index in [1.54, 1.807) is 24.3 Å². The van der Waals surface area contributed by atoms with Crippen LogP contribution < -0.4 is 14.4 Å². The highest BCUT2D eigenvalue weighted by Gasteiger charge is 2.45. The van der Waals surface area contributed by atoms with E-state index in [9.17, 15) is 20.2 Å². The van der Waals surface area contributed by atoms with E-state index >= 15 is 0 Å². The number of ether oxygens (including phenoxy) is 2. The van der Waals surface area contributed by atoms with Gasteiger partial charge in [-0.25, -0.2) is 0 Å². The van der Waals surface area contributed by atoms with Gasteiger partial charge in [0.05, 0.1) is 21.8 Å². The summed E-state index contributed by atoms with van der Waals surface area (Å²) in [6, 6.07) is 29.4. The first-order valence-electron chi connectivity index (χ1n) is 18.7. The third kappa shape index (κ3) is 7.49. The molecule has 0 bridgehead atoms. The van der Waals surface area contributed by atoms with Gasteiger partial charge in [0.1, 0.15) is 24.7 Å². The number of hydrogen-bond donors (Lipinski definition) is 0. The Morgan fingerprint density at radius 3 is 2.00 bits per heavy atom. The first-order valence-corrected chi connectivity index (χ1v) is 19.1. The molecule has 0 unspecified atom stereocenters. The molecule has 0 saturated carbocycles. The first-order chi connectivity index (χ1) is 26.9. The summed E-state index contributed by atoms with van der Waals surface area (Å²) >= 11 is 7.13. The van der Waals surface area contributed by atoms with Crippen LogP contribution in [0.5, 0.6) is 11.5 Å². The van der Waals surface area contributed by atoms with Crippen LogP contribution in [0.2, 0.25) is 0 Å². The summed E-state index contributed by atoms with van der Waals surface area (Å²) in [6.07, 6.45) is 9.81. The monoisotopic (exact) mass is 771 g/mol. The van der Waals surface area contributed by atoms with Crippen LogP contribution in [-0.4, -0.2) is 46.4 Å². The molecule has 7 rings (SSSR count). The molecule has 2 aliphatic heterocycles. The number of para-hydroxylation sites is 2. The molecule has 10 nitrogen and oxygen atoms in total. The van der Waals surface area contributed by atoms with E-state index in [1.165, 1.54) is 0 Å². The Morgan fingerprint density at radius 2 is 1.36 bits per heavy atom. The average Bonchev–Trinajstić information content (AvgIpc) is 3.72. The number of halogens is 1. The minimum atomic E-state index is -0.523. The Bertz CT molecular complexity index is 2340. The van der Waals surface area contributed by atoms with Crippen molar-refractivity contribution in [3.8, 4) is 11.5 Å². The highest BCUT2D eigenvalue weighted by molar-refractivity contribution is 6.33. The van der Waals surface area contributed by atoms with Crippen molar-refractivity contribution in [2.24, 2.45) is 0 Å². The van der Waals surface area contributed by atoms with Gasteiger partial charge in [0.15, 0.2) is 12.3 Å². The van der Waals surface area contributed by atoms with Crippen molar-refractivity contribution in [1.82, 2.24) is 0 Å². The molecule has 0 N–H and O–H groups in total. The lowest BCUT2D eigenvalue weighted by molar-refractivity contribution is -0.440. The van der Waals surface area contributed by atoms with Crippen molar-refractivity contribution >= 4 is 40.1 Å². The second kappa shape index (κ2) is 15.6. The van der Waals surface area contributed by atoms with E-state index in [4.69, 9.17) is 21.1 Å². The lowest BCUT2D eigenvalue weighted by Crippen LogP contribution is -2.29. The summed E-state index contributed by atoms with van der Waals surface area (Å²) in [5.41, 5.74) is 6.66. The molecule has 0 amide bonds. The molecule has 0 atom stereocenters. The molecular formula is C45H44ClN4O6+. The summed E-state index contributed by atoms with van der Waals surface area (Å²) in [4.78, 5) is 25.0. The van der Waals surface area contributed by atoms with Gasteiger partial charge in [-0.3, -0.25) is 20.2 Å². The Morgan fingerprint density at radius 1 is 0.750 bits per heavy atom. The molecular weight excluding hydrogens is 728 g/mol. The first kappa shape index (κ1) is 38.3. The molecule has 0 radical (unpaired) electrons. The lowest BCUT2D eigenvalue weighted by Gasteiger charge is -2.27. The molecule has 0 aromatic heterocycles.